The van der Waals surface area contributed by atoms with Crippen molar-refractivity contribution in [2.45, 2.75) is 32.2 Å². The van der Waals surface area contributed by atoms with E-state index in [4.69, 9.17) is 15.3 Å². The smallest absolute Gasteiger partial charge is 0.257 e. The molecule has 0 saturated carbocycles. The van der Waals surface area contributed by atoms with E-state index in [0.29, 0.717) is 56.0 Å². The molecule has 1 saturated heterocycles. The highest BCUT2D eigenvalue weighted by Crippen LogP contribution is 2.35. The van der Waals surface area contributed by atoms with Crippen LogP contribution in [0.1, 0.15) is 35.7 Å². The second-order valence-corrected chi connectivity index (χ2v) is 8.42. The van der Waals surface area contributed by atoms with Crippen LogP contribution in [0, 0.1) is 5.92 Å². The highest BCUT2D eigenvalue weighted by Gasteiger charge is 2.41. The van der Waals surface area contributed by atoms with Gasteiger partial charge in [0.25, 0.3) is 5.91 Å². The first kappa shape index (κ1) is 23.6. The number of piperidine rings is 1. The van der Waals surface area contributed by atoms with Crippen LogP contribution in [0.3, 0.4) is 0 Å². The molecule has 0 aliphatic carbocycles. The average molecular weight is 467 g/mol. The molecule has 180 valence electrons. The van der Waals surface area contributed by atoms with Crippen LogP contribution in [0.5, 0.6) is 11.5 Å². The van der Waals surface area contributed by atoms with Crippen molar-refractivity contribution in [1.29, 1.82) is 0 Å². The summed E-state index contributed by atoms with van der Waals surface area (Å²) in [6, 6.07) is 12.7. The summed E-state index contributed by atoms with van der Waals surface area (Å²) in [6.45, 7) is 3.39. The minimum Gasteiger partial charge on any atom is -0.496 e. The molecule has 1 unspecified atom stereocenters. The van der Waals surface area contributed by atoms with Gasteiger partial charge in [-0.1, -0.05) is 18.2 Å². The van der Waals surface area contributed by atoms with Crippen LogP contribution in [0.25, 0.3) is 0 Å². The van der Waals surface area contributed by atoms with Gasteiger partial charge in [0.15, 0.2) is 0 Å². The fraction of sp³-hybridized carbons (Fsp3) is 0.400. The number of amides is 3. The molecule has 0 radical (unpaired) electrons. The maximum atomic E-state index is 13.3. The number of nitrogens with two attached hydrogens (primary N) is 1. The van der Waals surface area contributed by atoms with Crippen LogP contribution in [-0.4, -0.2) is 55.5 Å². The van der Waals surface area contributed by atoms with Crippen LogP contribution in [-0.2, 0) is 16.0 Å². The number of rotatable bonds is 6. The molecule has 1 fully saturated rings. The molecule has 2 aliphatic rings. The second-order valence-electron chi connectivity index (χ2n) is 8.42. The topological polar surface area (TPSA) is 114 Å². The number of likely N-dealkylation sites (tertiary alicyclic amines) is 1. The van der Waals surface area contributed by atoms with Crippen LogP contribution in [0.15, 0.2) is 42.5 Å². The first-order valence-electron chi connectivity index (χ1n) is 11.5. The molecule has 3 N–H and O–H groups in total. The number of nitrogens with one attached hydrogen (secondary N) is 1. The maximum absolute atomic E-state index is 13.3. The van der Waals surface area contributed by atoms with Gasteiger partial charge in [0.1, 0.15) is 17.4 Å². The normalized spacial score (nSPS) is 18.3. The van der Waals surface area contributed by atoms with E-state index in [9.17, 15) is 14.4 Å². The van der Waals surface area contributed by atoms with Crippen molar-refractivity contribution >= 4 is 23.4 Å². The third-order valence-electron chi connectivity index (χ3n) is 6.50. The lowest BCUT2D eigenvalue weighted by Gasteiger charge is -2.42. The summed E-state index contributed by atoms with van der Waals surface area (Å²) >= 11 is 0. The van der Waals surface area contributed by atoms with Crippen LogP contribution in [0.2, 0.25) is 0 Å². The zero-order valence-electron chi connectivity index (χ0n) is 19.5. The molecule has 2 aromatic rings. The number of carbonyl (C=O) groups is 3. The minimum absolute atomic E-state index is 0.117. The Morgan fingerprint density at radius 1 is 1.15 bits per heavy atom. The Morgan fingerprint density at radius 3 is 2.56 bits per heavy atom. The molecule has 34 heavy (non-hydrogen) atoms. The van der Waals surface area contributed by atoms with E-state index in [1.54, 1.807) is 28.0 Å². The third-order valence-corrected chi connectivity index (χ3v) is 6.50. The van der Waals surface area contributed by atoms with Crippen molar-refractivity contribution < 1.29 is 23.9 Å². The summed E-state index contributed by atoms with van der Waals surface area (Å²) in [5, 5.41) is 0. The Bertz CT molecular complexity index is 1080. The molecule has 2 aromatic carbocycles. The molecule has 1 atom stereocenters. The number of anilines is 1. The Balaban J connectivity index is 1.51. The molecule has 0 aromatic heterocycles. The van der Waals surface area contributed by atoms with Gasteiger partial charge in [0, 0.05) is 30.9 Å². The number of benzene rings is 2. The van der Waals surface area contributed by atoms with Gasteiger partial charge in [-0.25, -0.2) is 5.84 Å². The highest BCUT2D eigenvalue weighted by atomic mass is 16.5. The molecule has 2 aliphatic heterocycles. The zero-order chi connectivity index (χ0) is 24.2. The van der Waals surface area contributed by atoms with Gasteiger partial charge >= 0.3 is 0 Å². The largest absolute Gasteiger partial charge is 0.496 e. The third kappa shape index (κ3) is 4.43. The number of para-hydroxylation sites is 1. The SMILES string of the molecule is CCOc1ccc(C(=O)N2CCC(N3C(=O)C(C(=O)NN)Cc4ccccc43)CC2)c(OC)c1. The second kappa shape index (κ2) is 10.1. The fourth-order valence-corrected chi connectivity index (χ4v) is 4.80. The first-order chi connectivity index (χ1) is 16.5. The number of fused-ring (bicyclic) bond motifs is 1. The molecular formula is C25H30N4O5. The Kier molecular flexibility index (Phi) is 7.02. The Labute approximate surface area is 198 Å². The molecule has 0 spiro atoms. The molecule has 9 heteroatoms. The van der Waals surface area contributed by atoms with Gasteiger partial charge < -0.3 is 19.3 Å². The Hall–Kier alpha value is -3.59. The predicted octanol–water partition coefficient (Wildman–Crippen LogP) is 1.89. The van der Waals surface area contributed by atoms with Crippen LogP contribution < -0.4 is 25.6 Å². The van der Waals surface area contributed by atoms with Crippen molar-refractivity contribution in [3.63, 3.8) is 0 Å². The number of hydrazine groups is 1. The Morgan fingerprint density at radius 2 is 1.88 bits per heavy atom. The summed E-state index contributed by atoms with van der Waals surface area (Å²) in [4.78, 5) is 42.3. The monoisotopic (exact) mass is 466 g/mol. The molecule has 0 bridgehead atoms. The maximum Gasteiger partial charge on any atom is 0.257 e. The summed E-state index contributed by atoms with van der Waals surface area (Å²) in [5.41, 5.74) is 4.36. The number of hydrogen-bond acceptors (Lipinski definition) is 6. The quantitative estimate of drug-likeness (QED) is 0.291. The minimum atomic E-state index is -0.854. The van der Waals surface area contributed by atoms with E-state index < -0.39 is 11.8 Å². The number of nitrogens with zero attached hydrogens (tertiary/aromatic N) is 2. The van der Waals surface area contributed by atoms with Gasteiger partial charge in [0.05, 0.1) is 19.3 Å². The van der Waals surface area contributed by atoms with E-state index in [1.165, 1.54) is 7.11 Å². The molecular weight excluding hydrogens is 436 g/mol. The first-order valence-corrected chi connectivity index (χ1v) is 11.5. The summed E-state index contributed by atoms with van der Waals surface area (Å²) in [7, 11) is 1.53. The summed E-state index contributed by atoms with van der Waals surface area (Å²) < 4.78 is 10.9. The predicted molar refractivity (Wildman–Crippen MR) is 127 cm³/mol. The van der Waals surface area contributed by atoms with Gasteiger partial charge in [-0.05, 0) is 49.9 Å². The van der Waals surface area contributed by atoms with Crippen molar-refractivity contribution in [3.8, 4) is 11.5 Å². The lowest BCUT2D eigenvalue weighted by Crippen LogP contribution is -2.55. The van der Waals surface area contributed by atoms with Crippen molar-refractivity contribution in [1.82, 2.24) is 10.3 Å². The van der Waals surface area contributed by atoms with Crippen molar-refractivity contribution in [2.24, 2.45) is 11.8 Å². The van der Waals surface area contributed by atoms with Gasteiger partial charge in [-0.15, -0.1) is 0 Å². The lowest BCUT2D eigenvalue weighted by atomic mass is 9.88. The average Bonchev–Trinajstić information content (AvgIpc) is 2.87. The number of methoxy groups -OCH3 is 1. The number of carbonyl (C=O) groups excluding carboxylic acids is 3. The van der Waals surface area contributed by atoms with Crippen LogP contribution >= 0.6 is 0 Å². The highest BCUT2D eigenvalue weighted by molar-refractivity contribution is 6.10. The molecule has 2 heterocycles. The van der Waals surface area contributed by atoms with Crippen molar-refractivity contribution in [2.75, 3.05) is 31.7 Å². The van der Waals surface area contributed by atoms with Crippen molar-refractivity contribution in [3.05, 3.63) is 53.6 Å². The van der Waals surface area contributed by atoms with E-state index in [1.807, 2.05) is 31.2 Å². The van der Waals surface area contributed by atoms with Gasteiger partial charge in [0.2, 0.25) is 11.8 Å². The lowest BCUT2D eigenvalue weighted by molar-refractivity contribution is -0.134. The van der Waals surface area contributed by atoms with E-state index in [-0.39, 0.29) is 17.9 Å². The molecule has 3 amide bonds. The zero-order valence-corrected chi connectivity index (χ0v) is 19.5. The van der Waals surface area contributed by atoms with E-state index in [2.05, 4.69) is 5.43 Å². The molecule has 9 nitrogen and oxygen atoms in total. The van der Waals surface area contributed by atoms with Crippen LogP contribution in [0.4, 0.5) is 5.69 Å². The molecule has 4 rings (SSSR count). The van der Waals surface area contributed by atoms with E-state index >= 15 is 0 Å². The summed E-state index contributed by atoms with van der Waals surface area (Å²) in [5.74, 6) is 4.73. The number of ether oxygens (including phenoxy) is 2. The van der Waals surface area contributed by atoms with E-state index in [0.717, 1.165) is 11.3 Å². The fourth-order valence-electron chi connectivity index (χ4n) is 4.80. The van der Waals surface area contributed by atoms with Gasteiger partial charge in [-0.3, -0.25) is 19.8 Å². The number of hydrogen-bond donors (Lipinski definition) is 2. The summed E-state index contributed by atoms with van der Waals surface area (Å²) in [6.07, 6.45) is 1.52. The standard InChI is InChI=1S/C25H30N4O5/c1-3-34-18-8-9-19(22(15-18)33-2)24(31)28-12-10-17(11-13-28)29-21-7-5-4-6-16(21)14-20(25(29)32)23(30)27-26/h4-9,15,17,20H,3,10-14,26H2,1-2H3,(H,27,30). The van der Waals surface area contributed by atoms with Gasteiger partial charge in [-0.2, -0.15) is 0 Å².